The van der Waals surface area contributed by atoms with Crippen molar-refractivity contribution >= 4 is 0 Å². The predicted octanol–water partition coefficient (Wildman–Crippen LogP) is 4.22. The molecule has 0 bridgehead atoms. The molecule has 0 saturated heterocycles. The minimum absolute atomic E-state index is 0. The Morgan fingerprint density at radius 1 is 1.09 bits per heavy atom. The first-order valence-corrected chi connectivity index (χ1v) is 2.80. The van der Waals surface area contributed by atoms with Gasteiger partial charge in [-0.15, -0.1) is 0 Å². The first kappa shape index (κ1) is 30.6. The zero-order chi connectivity index (χ0) is 5.70. The first-order valence-electron chi connectivity index (χ1n) is 2.80. The maximum atomic E-state index is 4.89. The number of ether oxygens (including phenoxy) is 1. The Bertz CT molecular complexity index is 35.9. The average molecular weight is 166 g/mol. The Labute approximate surface area is 75.2 Å². The molecule has 0 radical (unpaired) electrons. The predicted molar refractivity (Wildman–Crippen MR) is 58.3 cm³/mol. The highest BCUT2D eigenvalue weighted by Gasteiger charge is 1.93. The summed E-state index contributed by atoms with van der Waals surface area (Å²) >= 11 is 0. The normalized spacial score (nSPS) is 9.00. The molecule has 0 aliphatic carbocycles. The van der Waals surface area contributed by atoms with Gasteiger partial charge in [-0.2, -0.15) is 0 Å². The first-order chi connectivity index (χ1) is 3.31. The molecule has 0 heterocycles. The fourth-order valence-corrected chi connectivity index (χ4v) is 0.402. The molecule has 0 aromatic carbocycles. The highest BCUT2D eigenvalue weighted by molar-refractivity contribution is 4.43. The molecule has 1 atom stereocenters. The fourth-order valence-electron chi connectivity index (χ4n) is 0.402. The van der Waals surface area contributed by atoms with Gasteiger partial charge in [0.05, 0.1) is 0 Å². The van der Waals surface area contributed by atoms with Crippen LogP contribution < -0.4 is 0 Å². The van der Waals surface area contributed by atoms with Crippen LogP contribution in [-0.4, -0.2) is 13.7 Å². The van der Waals surface area contributed by atoms with Crippen LogP contribution >= 0.6 is 0 Å². The Hall–Kier alpha value is -0.0400. The van der Waals surface area contributed by atoms with E-state index in [4.69, 9.17) is 4.74 Å². The highest BCUT2D eigenvalue weighted by Crippen LogP contribution is 1.98. The van der Waals surface area contributed by atoms with Crippen LogP contribution in [0.15, 0.2) is 0 Å². The summed E-state index contributed by atoms with van der Waals surface area (Å²) < 4.78 is 4.89. The lowest BCUT2D eigenvalue weighted by atomic mass is 10.1. The molecule has 0 N–H and O–H groups in total. The topological polar surface area (TPSA) is 9.23 Å². The number of hydrogen-bond donors (Lipinski definition) is 0. The molecular formula is C10H30O. The minimum atomic E-state index is 0. The lowest BCUT2D eigenvalue weighted by molar-refractivity contribution is 0.158. The molecule has 0 aromatic heterocycles. The zero-order valence-corrected chi connectivity index (χ0v) is 5.40. The Balaban J connectivity index is -0.0000000300. The molecule has 11 heavy (non-hydrogen) atoms. The lowest BCUT2D eigenvalue weighted by Gasteiger charge is -2.03. The van der Waals surface area contributed by atoms with Gasteiger partial charge in [-0.3, -0.25) is 0 Å². The van der Waals surface area contributed by atoms with E-state index in [-0.39, 0.29) is 29.7 Å². The molecule has 0 rings (SSSR count). The second-order valence-electron chi connectivity index (χ2n) is 1.97. The van der Waals surface area contributed by atoms with Crippen molar-refractivity contribution in [1.82, 2.24) is 0 Å². The van der Waals surface area contributed by atoms with E-state index in [1.165, 1.54) is 6.42 Å². The molecule has 76 valence electrons. The van der Waals surface area contributed by atoms with Gasteiger partial charge >= 0.3 is 0 Å². The summed E-state index contributed by atoms with van der Waals surface area (Å²) in [5.74, 6) is 0.727. The van der Waals surface area contributed by atoms with Crippen molar-refractivity contribution in [2.45, 2.75) is 50.0 Å². The third-order valence-electron chi connectivity index (χ3n) is 1.15. The molecule has 1 unspecified atom stereocenters. The minimum Gasteiger partial charge on any atom is -0.384 e. The molecule has 0 saturated carbocycles. The molecule has 0 spiro atoms. The van der Waals surface area contributed by atoms with Crippen molar-refractivity contribution in [1.29, 1.82) is 0 Å². The third-order valence-corrected chi connectivity index (χ3v) is 1.15. The smallest absolute Gasteiger partial charge is 0.0487 e. The van der Waals surface area contributed by atoms with Gasteiger partial charge in [0.25, 0.3) is 0 Å². The van der Waals surface area contributed by atoms with E-state index in [0.717, 1.165) is 12.5 Å². The maximum absolute atomic E-state index is 4.89. The van der Waals surface area contributed by atoms with Crippen LogP contribution in [0.1, 0.15) is 50.0 Å². The standard InChI is InChI=1S/C6H14O.4CH4/c1-4-6(2)5-7-3;;;;/h6H,4-5H2,1-3H3;4*1H4. The van der Waals surface area contributed by atoms with Crippen molar-refractivity contribution in [3.05, 3.63) is 0 Å². The van der Waals surface area contributed by atoms with E-state index in [0.29, 0.717) is 0 Å². The molecule has 1 heteroatoms. The van der Waals surface area contributed by atoms with Crippen LogP contribution in [0.25, 0.3) is 0 Å². The van der Waals surface area contributed by atoms with Crippen molar-refractivity contribution in [3.8, 4) is 0 Å². The van der Waals surface area contributed by atoms with Crippen molar-refractivity contribution < 1.29 is 4.74 Å². The molecule has 0 amide bonds. The van der Waals surface area contributed by atoms with Gasteiger partial charge in [-0.05, 0) is 5.92 Å². The zero-order valence-electron chi connectivity index (χ0n) is 5.40. The Morgan fingerprint density at radius 3 is 1.55 bits per heavy atom. The average Bonchev–Trinajstić information content (AvgIpc) is 1.68. The van der Waals surface area contributed by atoms with Crippen molar-refractivity contribution in [2.24, 2.45) is 5.92 Å². The largest absolute Gasteiger partial charge is 0.384 e. The quantitative estimate of drug-likeness (QED) is 0.610. The van der Waals surface area contributed by atoms with Gasteiger partial charge in [-0.25, -0.2) is 0 Å². The van der Waals surface area contributed by atoms with E-state index in [1.807, 2.05) is 0 Å². The molecule has 0 aliphatic rings. The molecule has 1 nitrogen and oxygen atoms in total. The van der Waals surface area contributed by atoms with E-state index >= 15 is 0 Å². The Kier molecular flexibility index (Phi) is 62.6. The second-order valence-corrected chi connectivity index (χ2v) is 1.97. The Morgan fingerprint density at radius 2 is 1.45 bits per heavy atom. The van der Waals surface area contributed by atoms with E-state index < -0.39 is 0 Å². The summed E-state index contributed by atoms with van der Waals surface area (Å²) in [5, 5.41) is 0. The van der Waals surface area contributed by atoms with Gasteiger partial charge < -0.3 is 4.74 Å². The molecule has 0 aliphatic heterocycles. The third kappa shape index (κ3) is 25.7. The summed E-state index contributed by atoms with van der Waals surface area (Å²) in [6.45, 7) is 5.25. The molecule has 0 aromatic rings. The van der Waals surface area contributed by atoms with Crippen LogP contribution in [0.3, 0.4) is 0 Å². The van der Waals surface area contributed by atoms with Crippen molar-refractivity contribution in [2.75, 3.05) is 13.7 Å². The van der Waals surface area contributed by atoms with Crippen LogP contribution in [-0.2, 0) is 4.74 Å². The fraction of sp³-hybridized carbons (Fsp3) is 1.00. The number of rotatable bonds is 3. The van der Waals surface area contributed by atoms with Gasteiger partial charge in [-0.1, -0.05) is 50.0 Å². The molecule has 0 fully saturated rings. The SMILES string of the molecule is C.C.C.C.CCC(C)COC. The van der Waals surface area contributed by atoms with Crippen LogP contribution in [0.2, 0.25) is 0 Å². The second kappa shape index (κ2) is 22.5. The van der Waals surface area contributed by atoms with Gasteiger partial charge in [0.2, 0.25) is 0 Å². The summed E-state index contributed by atoms with van der Waals surface area (Å²) in [4.78, 5) is 0. The number of hydrogen-bond acceptors (Lipinski definition) is 1. The lowest BCUT2D eigenvalue weighted by Crippen LogP contribution is -2.00. The van der Waals surface area contributed by atoms with E-state index in [1.54, 1.807) is 7.11 Å². The molecular weight excluding hydrogens is 136 g/mol. The van der Waals surface area contributed by atoms with Crippen molar-refractivity contribution in [3.63, 3.8) is 0 Å². The highest BCUT2D eigenvalue weighted by atomic mass is 16.5. The van der Waals surface area contributed by atoms with Gasteiger partial charge in [0, 0.05) is 13.7 Å². The summed E-state index contributed by atoms with van der Waals surface area (Å²) in [6, 6.07) is 0. The van der Waals surface area contributed by atoms with Gasteiger partial charge in [0.1, 0.15) is 0 Å². The summed E-state index contributed by atoms with van der Waals surface area (Å²) in [7, 11) is 1.74. The van der Waals surface area contributed by atoms with Crippen LogP contribution in [0.4, 0.5) is 0 Å². The van der Waals surface area contributed by atoms with E-state index in [9.17, 15) is 0 Å². The van der Waals surface area contributed by atoms with Crippen LogP contribution in [0, 0.1) is 5.92 Å². The summed E-state index contributed by atoms with van der Waals surface area (Å²) in [5.41, 5.74) is 0. The van der Waals surface area contributed by atoms with Gasteiger partial charge in [0.15, 0.2) is 0 Å². The summed E-state index contributed by atoms with van der Waals surface area (Å²) in [6.07, 6.45) is 1.22. The van der Waals surface area contributed by atoms with Crippen LogP contribution in [0.5, 0.6) is 0 Å². The van der Waals surface area contributed by atoms with E-state index in [2.05, 4.69) is 13.8 Å². The maximum Gasteiger partial charge on any atom is 0.0487 e. The monoisotopic (exact) mass is 166 g/mol. The number of methoxy groups -OCH3 is 1.